The van der Waals surface area contributed by atoms with Gasteiger partial charge in [-0.15, -0.1) is 0 Å². The Bertz CT molecular complexity index is 1300. The third kappa shape index (κ3) is 7.53. The molecule has 0 saturated carbocycles. The Balaban J connectivity index is 1.85. The average Bonchev–Trinajstić information content (AvgIpc) is 3.26. The second kappa shape index (κ2) is 11.9. The summed E-state index contributed by atoms with van der Waals surface area (Å²) >= 11 is 6.04. The van der Waals surface area contributed by atoms with E-state index in [1.165, 1.54) is 10.4 Å². The summed E-state index contributed by atoms with van der Waals surface area (Å²) in [5.41, 5.74) is 2.03. The number of halogens is 1. The van der Waals surface area contributed by atoms with Crippen molar-refractivity contribution in [2.24, 2.45) is 0 Å². The van der Waals surface area contributed by atoms with E-state index < -0.39 is 15.9 Å². The van der Waals surface area contributed by atoms with Gasteiger partial charge in [0.25, 0.3) is 0 Å². The quantitative estimate of drug-likeness (QED) is 0.357. The summed E-state index contributed by atoms with van der Waals surface area (Å²) in [4.78, 5) is 13.1. The Hall–Kier alpha value is -2.94. The summed E-state index contributed by atoms with van der Waals surface area (Å²) in [5, 5.41) is 9.30. The Kier molecular flexibility index (Phi) is 9.11. The van der Waals surface area contributed by atoms with Crippen molar-refractivity contribution in [2.75, 3.05) is 18.4 Å². The molecule has 0 fully saturated rings. The summed E-state index contributed by atoms with van der Waals surface area (Å²) in [6.07, 6.45) is 2.98. The highest BCUT2D eigenvalue weighted by Crippen LogP contribution is 2.27. The lowest BCUT2D eigenvalue weighted by Crippen LogP contribution is -2.37. The van der Waals surface area contributed by atoms with Crippen molar-refractivity contribution >= 4 is 39.4 Å². The topological polar surface area (TPSA) is 84.3 Å². The van der Waals surface area contributed by atoms with Gasteiger partial charge in [0.15, 0.2) is 0 Å². The maximum absolute atomic E-state index is 13.1. The molecule has 0 aliphatic heterocycles. The molecule has 0 bridgehead atoms. The predicted molar refractivity (Wildman–Crippen MR) is 147 cm³/mol. The molecule has 1 aromatic heterocycles. The van der Waals surface area contributed by atoms with Crippen LogP contribution in [0.25, 0.3) is 11.8 Å². The molecule has 7 nitrogen and oxygen atoms in total. The van der Waals surface area contributed by atoms with Crippen molar-refractivity contribution in [1.82, 2.24) is 14.1 Å². The Labute approximate surface area is 218 Å². The molecule has 1 amide bonds. The fourth-order valence-electron chi connectivity index (χ4n) is 3.40. The van der Waals surface area contributed by atoms with E-state index in [-0.39, 0.29) is 18.5 Å². The third-order valence-electron chi connectivity index (χ3n) is 5.49. The summed E-state index contributed by atoms with van der Waals surface area (Å²) in [6, 6.07) is 18.1. The van der Waals surface area contributed by atoms with Crippen molar-refractivity contribution in [3.8, 4) is 5.69 Å². The molecule has 0 radical (unpaired) electrons. The van der Waals surface area contributed by atoms with Crippen molar-refractivity contribution in [3.63, 3.8) is 0 Å². The van der Waals surface area contributed by atoms with Crippen LogP contribution >= 0.6 is 11.6 Å². The van der Waals surface area contributed by atoms with Gasteiger partial charge < -0.3 is 5.32 Å². The van der Waals surface area contributed by atoms with Gasteiger partial charge in [0.05, 0.1) is 17.9 Å². The summed E-state index contributed by atoms with van der Waals surface area (Å²) in [6.45, 7) is 8.01. The summed E-state index contributed by atoms with van der Waals surface area (Å²) in [7, 11) is -3.81. The minimum Gasteiger partial charge on any atom is -0.309 e. The van der Waals surface area contributed by atoms with E-state index in [0.29, 0.717) is 17.3 Å². The van der Waals surface area contributed by atoms with Crippen molar-refractivity contribution in [3.05, 3.63) is 82.4 Å². The fourth-order valence-corrected chi connectivity index (χ4v) is 4.71. The molecule has 9 heteroatoms. The number of anilines is 1. The number of unbranched alkanes of at least 4 members (excludes halogenated alkanes) is 1. The Morgan fingerprint density at radius 3 is 2.39 bits per heavy atom. The highest BCUT2D eigenvalue weighted by molar-refractivity contribution is 7.92. The van der Waals surface area contributed by atoms with E-state index in [1.807, 2.05) is 76.2 Å². The molecule has 1 N–H and O–H groups in total. The first-order chi connectivity index (χ1) is 17.0. The molecular weight excluding hydrogens is 496 g/mol. The number of nitrogens with zero attached hydrogens (tertiary/aromatic N) is 3. The van der Waals surface area contributed by atoms with Crippen molar-refractivity contribution in [1.29, 1.82) is 0 Å². The second-order valence-electron chi connectivity index (χ2n) is 9.55. The number of benzene rings is 2. The maximum Gasteiger partial charge on any atom is 0.240 e. The minimum absolute atomic E-state index is 0.245. The Morgan fingerprint density at radius 1 is 1.11 bits per heavy atom. The fraction of sp³-hybridized carbons (Fsp3) is 0.333. The first kappa shape index (κ1) is 27.6. The van der Waals surface area contributed by atoms with Crippen LogP contribution in [0.15, 0.2) is 66.1 Å². The van der Waals surface area contributed by atoms with Gasteiger partial charge in [-0.1, -0.05) is 76.0 Å². The lowest BCUT2D eigenvalue weighted by atomic mass is 9.92. The molecule has 0 atom stereocenters. The monoisotopic (exact) mass is 528 g/mol. The van der Waals surface area contributed by atoms with Gasteiger partial charge in [0.2, 0.25) is 15.9 Å². The normalized spacial score (nSPS) is 12.4. The van der Waals surface area contributed by atoms with Crippen LogP contribution in [0.4, 0.5) is 5.82 Å². The van der Waals surface area contributed by atoms with Crippen LogP contribution in [0.3, 0.4) is 0 Å². The third-order valence-corrected chi connectivity index (χ3v) is 7.25. The van der Waals surface area contributed by atoms with Gasteiger partial charge in [-0.3, -0.25) is 4.79 Å². The van der Waals surface area contributed by atoms with E-state index in [4.69, 9.17) is 16.7 Å². The molecule has 36 heavy (non-hydrogen) atoms. The van der Waals surface area contributed by atoms with Gasteiger partial charge in [-0.25, -0.2) is 13.1 Å². The van der Waals surface area contributed by atoms with E-state index in [1.54, 1.807) is 16.8 Å². The van der Waals surface area contributed by atoms with Crippen LogP contribution in [-0.4, -0.2) is 41.5 Å². The highest BCUT2D eigenvalue weighted by atomic mass is 35.5. The van der Waals surface area contributed by atoms with Gasteiger partial charge in [-0.2, -0.15) is 9.40 Å². The van der Waals surface area contributed by atoms with Gasteiger partial charge in [0.1, 0.15) is 5.82 Å². The zero-order valence-electron chi connectivity index (χ0n) is 21.1. The van der Waals surface area contributed by atoms with E-state index in [2.05, 4.69) is 5.32 Å². The summed E-state index contributed by atoms with van der Waals surface area (Å²) < 4.78 is 29.0. The number of hydrogen-bond donors (Lipinski definition) is 1. The standard InChI is InChI=1S/C27H33ClN4O3S/c1-5-6-17-31(36(34,35)18-16-21-10-8-7-9-11-21)20-26(33)29-25-19-24(27(2,3)4)30-32(25)23-14-12-22(28)13-15-23/h7-16,18-19H,5-6,17,20H2,1-4H3,(H,29,33)/b18-16+. The lowest BCUT2D eigenvalue weighted by molar-refractivity contribution is -0.116. The number of hydrogen-bond acceptors (Lipinski definition) is 4. The van der Waals surface area contributed by atoms with Crippen LogP contribution in [0.5, 0.6) is 0 Å². The highest BCUT2D eigenvalue weighted by Gasteiger charge is 2.25. The van der Waals surface area contributed by atoms with Gasteiger partial charge in [0, 0.05) is 28.5 Å². The number of rotatable bonds is 10. The van der Waals surface area contributed by atoms with Crippen LogP contribution in [0.2, 0.25) is 5.02 Å². The predicted octanol–water partition coefficient (Wildman–Crippen LogP) is 5.86. The number of aromatic nitrogens is 2. The van der Waals surface area contributed by atoms with Crippen molar-refractivity contribution in [2.45, 2.75) is 46.0 Å². The molecule has 0 aliphatic rings. The minimum atomic E-state index is -3.81. The number of amides is 1. The molecule has 0 unspecified atom stereocenters. The van der Waals surface area contributed by atoms with E-state index in [9.17, 15) is 13.2 Å². The van der Waals surface area contributed by atoms with Crippen LogP contribution in [-0.2, 0) is 20.2 Å². The first-order valence-electron chi connectivity index (χ1n) is 11.9. The smallest absolute Gasteiger partial charge is 0.240 e. The van der Waals surface area contributed by atoms with E-state index in [0.717, 1.165) is 28.8 Å². The molecule has 0 aliphatic carbocycles. The Morgan fingerprint density at radius 2 is 1.78 bits per heavy atom. The van der Waals surface area contributed by atoms with Crippen LogP contribution in [0, 0.1) is 0 Å². The molecular formula is C27H33ClN4O3S. The molecule has 0 spiro atoms. The molecule has 3 rings (SSSR count). The maximum atomic E-state index is 13.1. The largest absolute Gasteiger partial charge is 0.309 e. The zero-order valence-corrected chi connectivity index (χ0v) is 22.7. The molecule has 0 saturated heterocycles. The molecule has 192 valence electrons. The van der Waals surface area contributed by atoms with Crippen molar-refractivity contribution < 1.29 is 13.2 Å². The van der Waals surface area contributed by atoms with Gasteiger partial charge in [-0.05, 0) is 42.3 Å². The van der Waals surface area contributed by atoms with Crippen LogP contribution < -0.4 is 5.32 Å². The number of nitrogens with one attached hydrogen (secondary N) is 1. The van der Waals surface area contributed by atoms with Crippen LogP contribution in [0.1, 0.15) is 51.8 Å². The molecule has 1 heterocycles. The first-order valence-corrected chi connectivity index (χ1v) is 13.8. The number of carbonyl (C=O) groups excluding carboxylic acids is 1. The number of carbonyl (C=O) groups is 1. The van der Waals surface area contributed by atoms with E-state index >= 15 is 0 Å². The molecule has 2 aromatic carbocycles. The lowest BCUT2D eigenvalue weighted by Gasteiger charge is -2.20. The SMILES string of the molecule is CCCCN(CC(=O)Nc1cc(C(C)(C)C)nn1-c1ccc(Cl)cc1)S(=O)(=O)/C=C/c1ccccc1. The number of sulfonamides is 1. The molecule has 3 aromatic rings. The second-order valence-corrected chi connectivity index (χ2v) is 11.8. The van der Waals surface area contributed by atoms with Gasteiger partial charge >= 0.3 is 0 Å². The zero-order chi connectivity index (χ0) is 26.3. The average molecular weight is 529 g/mol. The summed E-state index contributed by atoms with van der Waals surface area (Å²) in [5.74, 6) is 0.0123.